The number of anilines is 1. The second-order valence-electron chi connectivity index (χ2n) is 11.3. The number of nitrogens with zero attached hydrogens (tertiary/aromatic N) is 4. The zero-order valence-electron chi connectivity index (χ0n) is 28.0. The molecule has 3 rings (SSSR count). The Morgan fingerprint density at radius 2 is 1.77 bits per heavy atom. The van der Waals surface area contributed by atoms with E-state index in [4.69, 9.17) is 10.5 Å². The molecule has 0 radical (unpaired) electrons. The van der Waals surface area contributed by atoms with Crippen molar-refractivity contribution in [3.8, 4) is 0 Å². The molecule has 7 N–H and O–H groups in total. The molecule has 8 atom stereocenters. The largest absolute Gasteiger partial charge is 1.00 e. The van der Waals surface area contributed by atoms with Crippen molar-refractivity contribution in [2.45, 2.75) is 57.8 Å². The zero-order valence-corrected chi connectivity index (χ0v) is 33.5. The zero-order chi connectivity index (χ0) is 38.4. The van der Waals surface area contributed by atoms with Crippen LogP contribution in [0.1, 0.15) is 33.4 Å². The second kappa shape index (κ2) is 19.4. The number of carbonyl (C=O) groups excluding carboxylic acids is 3. The fraction of sp³-hybridized carbons (Fsp3) is 0.652. The van der Waals surface area contributed by atoms with Crippen molar-refractivity contribution >= 4 is 69.1 Å². The van der Waals surface area contributed by atoms with E-state index in [-0.39, 0.29) is 71.2 Å². The fourth-order valence-corrected chi connectivity index (χ4v) is 7.54. The fourth-order valence-electron chi connectivity index (χ4n) is 4.31. The minimum atomic E-state index is -5.89. The first-order chi connectivity index (χ1) is 23.5. The van der Waals surface area contributed by atoms with E-state index in [1.165, 1.54) is 20.8 Å². The van der Waals surface area contributed by atoms with Crippen molar-refractivity contribution in [2.24, 2.45) is 5.41 Å². The molecule has 0 aromatic carbocycles. The summed E-state index contributed by atoms with van der Waals surface area (Å²) >= 11 is 1.02. The van der Waals surface area contributed by atoms with E-state index in [9.17, 15) is 57.9 Å². The number of phosphoric acid groups is 3. The van der Waals surface area contributed by atoms with Crippen LogP contribution in [0, 0.1) is 5.41 Å². The summed E-state index contributed by atoms with van der Waals surface area (Å²) in [5.41, 5.74) is 4.11. The Balaban J connectivity index is 0.00000936. The van der Waals surface area contributed by atoms with E-state index in [1.54, 1.807) is 0 Å². The number of aromatic nitrogens is 4. The maximum Gasteiger partial charge on any atom is 1.00 e. The smallest absolute Gasteiger partial charge is 0.756 e. The monoisotopic (exact) mass is 829 g/mol. The van der Waals surface area contributed by atoms with Crippen molar-refractivity contribution in [2.75, 3.05) is 37.8 Å². The number of nitrogens with one attached hydrogen (secondary N) is 2. The van der Waals surface area contributed by atoms with Gasteiger partial charge >= 0.3 is 29.6 Å². The maximum absolute atomic E-state index is 12.4. The molecule has 3 heterocycles. The van der Waals surface area contributed by atoms with Gasteiger partial charge in [-0.1, -0.05) is 25.6 Å². The van der Waals surface area contributed by atoms with Gasteiger partial charge in [0.25, 0.3) is 23.5 Å². The van der Waals surface area contributed by atoms with Crippen molar-refractivity contribution in [1.29, 1.82) is 0 Å². The summed E-state index contributed by atoms with van der Waals surface area (Å²) < 4.78 is 60.5. The van der Waals surface area contributed by atoms with Crippen molar-refractivity contribution < 1.29 is 110 Å². The number of nitrogen functional groups attached to an aromatic ring is 1. The van der Waals surface area contributed by atoms with Crippen LogP contribution in [0.4, 0.5) is 5.82 Å². The summed E-state index contributed by atoms with van der Waals surface area (Å²) in [4.78, 5) is 92.4. The number of nitrogens with two attached hydrogens (primary N) is 1. The topological polar surface area (TPSA) is 372 Å². The van der Waals surface area contributed by atoms with Crippen molar-refractivity contribution in [3.05, 3.63) is 12.7 Å². The molecule has 0 bridgehead atoms. The van der Waals surface area contributed by atoms with E-state index >= 15 is 0 Å². The molecule has 0 saturated carbocycles. The molecule has 0 spiro atoms. The van der Waals surface area contributed by atoms with Gasteiger partial charge in [-0.3, -0.25) is 32.6 Å². The SMILES string of the molecule is CC(=O)SCCNC(=O)CCNC(=O)C(O)C(C)(C)COP(=O)([O-])OP(=O)([O-])OCC1OC(n2cnc3c(N)ncnc32)C(O)C1OP(=O)([O-])O.[Na+]. The Labute approximate surface area is 321 Å². The molecule has 288 valence electrons. The number of amides is 2. The molecule has 2 aromatic heterocycles. The number of hydrogen-bond acceptors (Lipinski definition) is 21. The van der Waals surface area contributed by atoms with Crippen LogP contribution in [0.15, 0.2) is 12.7 Å². The van der Waals surface area contributed by atoms with Crippen LogP contribution in [-0.2, 0) is 50.7 Å². The molecule has 1 aliphatic rings. The first-order valence-corrected chi connectivity index (χ1v) is 19.9. The van der Waals surface area contributed by atoms with Crippen molar-refractivity contribution in [3.63, 3.8) is 0 Å². The Morgan fingerprint density at radius 1 is 1.12 bits per heavy atom. The van der Waals surface area contributed by atoms with Crippen LogP contribution in [0.3, 0.4) is 0 Å². The molecular formula is C23H35N7NaO17P3S-2. The Kier molecular flexibility index (Phi) is 17.5. The molecule has 1 saturated heterocycles. The van der Waals surface area contributed by atoms with Gasteiger partial charge < -0.3 is 64.5 Å². The summed E-state index contributed by atoms with van der Waals surface area (Å²) in [7, 11) is -17.3. The summed E-state index contributed by atoms with van der Waals surface area (Å²) in [5.74, 6) is -1.17. The number of carbonyl (C=O) groups is 3. The van der Waals surface area contributed by atoms with Crippen LogP contribution in [0.25, 0.3) is 11.2 Å². The van der Waals surface area contributed by atoms with Gasteiger partial charge in [-0.25, -0.2) is 19.3 Å². The molecule has 1 fully saturated rings. The van der Waals surface area contributed by atoms with E-state index in [0.717, 1.165) is 29.0 Å². The van der Waals surface area contributed by atoms with Gasteiger partial charge in [0.15, 0.2) is 22.8 Å². The second-order valence-corrected chi connectivity index (χ2v) is 16.7. The van der Waals surface area contributed by atoms with Crippen LogP contribution in [0.5, 0.6) is 0 Å². The van der Waals surface area contributed by atoms with Crippen LogP contribution < -0.4 is 60.6 Å². The summed E-state index contributed by atoms with van der Waals surface area (Å²) in [6.45, 7) is 1.54. The summed E-state index contributed by atoms with van der Waals surface area (Å²) in [5, 5.41) is 25.9. The number of aliphatic hydroxyl groups excluding tert-OH is 2. The van der Waals surface area contributed by atoms with Gasteiger partial charge in [0, 0.05) is 37.6 Å². The first-order valence-electron chi connectivity index (χ1n) is 14.5. The van der Waals surface area contributed by atoms with Gasteiger partial charge in [-0.15, -0.1) is 0 Å². The van der Waals surface area contributed by atoms with E-state index in [2.05, 4.69) is 43.5 Å². The van der Waals surface area contributed by atoms with E-state index in [0.29, 0.717) is 5.75 Å². The number of hydrogen-bond donors (Lipinski definition) is 6. The number of phosphoric ester groups is 3. The van der Waals surface area contributed by atoms with Gasteiger partial charge in [0.05, 0.1) is 19.5 Å². The number of aliphatic hydroxyl groups is 2. The average molecular weight is 830 g/mol. The van der Waals surface area contributed by atoms with E-state index < -0.39 is 84.6 Å². The maximum atomic E-state index is 12.4. The number of thioether (sulfide) groups is 1. The third-order valence-corrected chi connectivity index (χ3v) is 10.6. The van der Waals surface area contributed by atoms with Gasteiger partial charge in [-0.2, -0.15) is 0 Å². The molecule has 8 unspecified atom stereocenters. The predicted molar refractivity (Wildman–Crippen MR) is 166 cm³/mol. The van der Waals surface area contributed by atoms with E-state index in [1.807, 2.05) is 0 Å². The first kappa shape index (κ1) is 46.7. The third kappa shape index (κ3) is 14.0. The Bertz CT molecular complexity index is 1720. The number of fused-ring (bicyclic) bond motifs is 1. The minimum absolute atomic E-state index is 0. The van der Waals surface area contributed by atoms with Gasteiger partial charge in [-0.05, 0) is 0 Å². The molecule has 2 aromatic rings. The molecule has 2 amide bonds. The molecule has 24 nitrogen and oxygen atoms in total. The third-order valence-electron chi connectivity index (χ3n) is 6.79. The molecule has 1 aliphatic heterocycles. The number of ether oxygens (including phenoxy) is 1. The number of imidazole rings is 1. The minimum Gasteiger partial charge on any atom is -0.756 e. The van der Waals surface area contributed by atoms with Crippen LogP contribution >= 0.6 is 35.2 Å². The number of rotatable bonds is 19. The predicted octanol–water partition coefficient (Wildman–Crippen LogP) is -6.21. The average Bonchev–Trinajstić information content (AvgIpc) is 3.57. The normalized spacial score (nSPS) is 23.1. The van der Waals surface area contributed by atoms with Crippen molar-refractivity contribution in [1.82, 2.24) is 30.2 Å². The molecular weight excluding hydrogens is 794 g/mol. The summed E-state index contributed by atoms with van der Waals surface area (Å²) in [6.07, 6.45) is -7.35. The van der Waals surface area contributed by atoms with Gasteiger partial charge in [0.2, 0.25) is 11.8 Å². The van der Waals surface area contributed by atoms with Gasteiger partial charge in [0.1, 0.15) is 36.3 Å². The molecule has 0 aliphatic carbocycles. The Morgan fingerprint density at radius 3 is 2.40 bits per heavy atom. The quantitative estimate of drug-likeness (QED) is 0.0436. The Hall–Kier alpha value is -1.44. The molecule has 52 heavy (non-hydrogen) atoms. The van der Waals surface area contributed by atoms with Crippen LogP contribution in [-0.4, -0.2) is 108 Å². The standard InChI is InChI=1S/C23H38N7O17P3S.Na/c1-12(31)51-7-6-25-14(32)4-5-26-21(35)18(34)23(2,3)9-44-50(41,42)47-49(39,40)43-8-13-17(46-48(36,37)38)16(33)22(45-13)30-11-29-15-19(24)27-10-28-20(15)30;/h10-11,13,16-18,22,33-34H,4-9H2,1-3H3,(H,25,32)(H,26,35)(H,39,40)(H,41,42)(H2,24,27,28)(H2,36,37,38);/q;+1/p-3. The summed E-state index contributed by atoms with van der Waals surface area (Å²) in [6, 6.07) is 0. The van der Waals surface area contributed by atoms with Crippen LogP contribution in [0.2, 0.25) is 0 Å². The molecule has 29 heteroatoms.